The van der Waals surface area contributed by atoms with Gasteiger partial charge in [-0.05, 0) is 60.7 Å². The minimum Gasteiger partial charge on any atom is -0.494 e. The number of rotatable bonds is 8. The fourth-order valence-electron chi connectivity index (χ4n) is 3.58. The zero-order chi connectivity index (χ0) is 20.1. The number of ether oxygens (including phenoxy) is 3. The Morgan fingerprint density at radius 3 is 2.46 bits per heavy atom. The third kappa shape index (κ3) is 4.22. The summed E-state index contributed by atoms with van der Waals surface area (Å²) < 4.78 is 16.1. The molecule has 3 rings (SSSR count). The zero-order valence-corrected chi connectivity index (χ0v) is 16.6. The van der Waals surface area contributed by atoms with E-state index in [0.29, 0.717) is 24.5 Å². The standard InChI is InChI=1S/C22H27NO5/c1-4-28-17-7-5-15(6-8-17)11-21(24)23-14-22(25)10-9-16-12-19(26-2)20(27-3)13-18(16)22/h5-8,12-13,25H,4,9-11,14H2,1-3H3,(H,23,24). The van der Waals surface area contributed by atoms with Gasteiger partial charge in [-0.15, -0.1) is 0 Å². The van der Waals surface area contributed by atoms with Crippen molar-refractivity contribution in [2.24, 2.45) is 0 Å². The van der Waals surface area contributed by atoms with Crippen LogP contribution in [0.3, 0.4) is 0 Å². The average Bonchev–Trinajstić information content (AvgIpc) is 3.03. The van der Waals surface area contributed by atoms with Gasteiger partial charge in [0.05, 0.1) is 33.8 Å². The van der Waals surface area contributed by atoms with Crippen LogP contribution in [0.1, 0.15) is 30.0 Å². The molecule has 2 aromatic carbocycles. The van der Waals surface area contributed by atoms with E-state index >= 15 is 0 Å². The molecule has 1 unspecified atom stereocenters. The Morgan fingerprint density at radius 2 is 1.82 bits per heavy atom. The first kappa shape index (κ1) is 20.0. The van der Waals surface area contributed by atoms with E-state index in [2.05, 4.69) is 5.32 Å². The van der Waals surface area contributed by atoms with Crippen molar-refractivity contribution in [3.8, 4) is 17.2 Å². The average molecular weight is 385 g/mol. The quantitative estimate of drug-likeness (QED) is 0.730. The fourth-order valence-corrected chi connectivity index (χ4v) is 3.58. The number of methoxy groups -OCH3 is 2. The third-order valence-electron chi connectivity index (χ3n) is 5.10. The molecule has 1 atom stereocenters. The Morgan fingerprint density at radius 1 is 1.14 bits per heavy atom. The van der Waals surface area contributed by atoms with Crippen LogP contribution in [0.25, 0.3) is 0 Å². The van der Waals surface area contributed by atoms with Crippen molar-refractivity contribution in [2.75, 3.05) is 27.4 Å². The molecule has 0 saturated carbocycles. The van der Waals surface area contributed by atoms with Gasteiger partial charge in [-0.25, -0.2) is 0 Å². The van der Waals surface area contributed by atoms with Gasteiger partial charge in [0.2, 0.25) is 5.91 Å². The van der Waals surface area contributed by atoms with Crippen molar-refractivity contribution in [3.05, 3.63) is 53.1 Å². The molecule has 6 heteroatoms. The van der Waals surface area contributed by atoms with Crippen LogP contribution >= 0.6 is 0 Å². The van der Waals surface area contributed by atoms with Crippen molar-refractivity contribution >= 4 is 5.91 Å². The van der Waals surface area contributed by atoms with Gasteiger partial charge in [0.15, 0.2) is 11.5 Å². The van der Waals surface area contributed by atoms with Crippen LogP contribution in [0.2, 0.25) is 0 Å². The summed E-state index contributed by atoms with van der Waals surface area (Å²) in [5.41, 5.74) is 1.59. The molecule has 0 spiro atoms. The first-order chi connectivity index (χ1) is 13.5. The van der Waals surface area contributed by atoms with E-state index < -0.39 is 5.60 Å². The van der Waals surface area contributed by atoms with E-state index in [1.807, 2.05) is 37.3 Å². The van der Waals surface area contributed by atoms with Gasteiger partial charge >= 0.3 is 0 Å². The molecule has 0 aliphatic heterocycles. The second kappa shape index (κ2) is 8.52. The van der Waals surface area contributed by atoms with E-state index in [1.165, 1.54) is 0 Å². The van der Waals surface area contributed by atoms with E-state index in [0.717, 1.165) is 28.9 Å². The number of nitrogens with one attached hydrogen (secondary N) is 1. The normalized spacial score (nSPS) is 17.7. The summed E-state index contributed by atoms with van der Waals surface area (Å²) in [4.78, 5) is 12.4. The first-order valence-corrected chi connectivity index (χ1v) is 9.45. The fraction of sp³-hybridized carbons (Fsp3) is 0.409. The maximum atomic E-state index is 12.4. The number of hydrogen-bond acceptors (Lipinski definition) is 5. The smallest absolute Gasteiger partial charge is 0.224 e. The van der Waals surface area contributed by atoms with Crippen LogP contribution in [-0.4, -0.2) is 38.4 Å². The molecular weight excluding hydrogens is 358 g/mol. The molecule has 2 aromatic rings. The Bertz CT molecular complexity index is 834. The molecule has 0 heterocycles. The van der Waals surface area contributed by atoms with Gasteiger partial charge in [0.25, 0.3) is 0 Å². The van der Waals surface area contributed by atoms with Crippen LogP contribution < -0.4 is 19.5 Å². The topological polar surface area (TPSA) is 77.0 Å². The Labute approximate surface area is 165 Å². The summed E-state index contributed by atoms with van der Waals surface area (Å²) in [7, 11) is 3.16. The van der Waals surface area contributed by atoms with E-state index in [1.54, 1.807) is 20.3 Å². The summed E-state index contributed by atoms with van der Waals surface area (Å²) in [6, 6.07) is 11.2. The number of benzene rings is 2. The number of amides is 1. The molecule has 1 amide bonds. The summed E-state index contributed by atoms with van der Waals surface area (Å²) in [6.07, 6.45) is 1.52. The second-order valence-electron chi connectivity index (χ2n) is 6.93. The number of carbonyl (C=O) groups excluding carboxylic acids is 1. The zero-order valence-electron chi connectivity index (χ0n) is 16.6. The maximum absolute atomic E-state index is 12.4. The number of carbonyl (C=O) groups is 1. The van der Waals surface area contributed by atoms with Crippen molar-refractivity contribution in [2.45, 2.75) is 31.8 Å². The SMILES string of the molecule is CCOc1ccc(CC(=O)NCC2(O)CCc3cc(OC)c(OC)cc32)cc1. The predicted molar refractivity (Wildman–Crippen MR) is 106 cm³/mol. The van der Waals surface area contributed by atoms with Gasteiger partial charge in [-0.3, -0.25) is 4.79 Å². The van der Waals surface area contributed by atoms with E-state index in [-0.39, 0.29) is 18.9 Å². The highest BCUT2D eigenvalue weighted by molar-refractivity contribution is 5.78. The molecule has 1 aliphatic rings. The number of aryl methyl sites for hydroxylation is 1. The lowest BCUT2D eigenvalue weighted by Gasteiger charge is -2.25. The lowest BCUT2D eigenvalue weighted by molar-refractivity contribution is -0.121. The Hall–Kier alpha value is -2.73. The molecular formula is C22H27NO5. The summed E-state index contributed by atoms with van der Waals surface area (Å²) >= 11 is 0. The molecule has 0 saturated heterocycles. The molecule has 0 fully saturated rings. The van der Waals surface area contributed by atoms with E-state index in [4.69, 9.17) is 14.2 Å². The highest BCUT2D eigenvalue weighted by Crippen LogP contribution is 2.42. The second-order valence-corrected chi connectivity index (χ2v) is 6.93. The van der Waals surface area contributed by atoms with Crippen LogP contribution in [0.5, 0.6) is 17.2 Å². The van der Waals surface area contributed by atoms with Crippen LogP contribution in [0, 0.1) is 0 Å². The monoisotopic (exact) mass is 385 g/mol. The molecule has 0 aromatic heterocycles. The Balaban J connectivity index is 1.64. The van der Waals surface area contributed by atoms with Crippen molar-refractivity contribution in [3.63, 3.8) is 0 Å². The van der Waals surface area contributed by atoms with E-state index in [9.17, 15) is 9.90 Å². The van der Waals surface area contributed by atoms with Crippen molar-refractivity contribution in [1.82, 2.24) is 5.32 Å². The molecule has 150 valence electrons. The van der Waals surface area contributed by atoms with Gasteiger partial charge in [-0.2, -0.15) is 0 Å². The van der Waals surface area contributed by atoms with Crippen molar-refractivity contribution < 1.29 is 24.1 Å². The van der Waals surface area contributed by atoms with Gasteiger partial charge in [0, 0.05) is 0 Å². The molecule has 6 nitrogen and oxygen atoms in total. The molecule has 2 N–H and O–H groups in total. The first-order valence-electron chi connectivity index (χ1n) is 9.45. The summed E-state index contributed by atoms with van der Waals surface area (Å²) in [6.45, 7) is 2.70. The highest BCUT2D eigenvalue weighted by Gasteiger charge is 2.38. The van der Waals surface area contributed by atoms with Crippen LogP contribution in [-0.2, 0) is 23.2 Å². The lowest BCUT2D eigenvalue weighted by atomic mass is 9.95. The van der Waals surface area contributed by atoms with Crippen molar-refractivity contribution in [1.29, 1.82) is 0 Å². The highest BCUT2D eigenvalue weighted by atomic mass is 16.5. The molecule has 28 heavy (non-hydrogen) atoms. The largest absolute Gasteiger partial charge is 0.494 e. The molecule has 0 bridgehead atoms. The minimum atomic E-state index is -1.11. The third-order valence-corrected chi connectivity index (χ3v) is 5.10. The maximum Gasteiger partial charge on any atom is 0.224 e. The van der Waals surface area contributed by atoms with Gasteiger partial charge < -0.3 is 24.6 Å². The summed E-state index contributed by atoms with van der Waals surface area (Å²) in [5, 5.41) is 14.0. The molecule has 1 aliphatic carbocycles. The molecule has 0 radical (unpaired) electrons. The lowest BCUT2D eigenvalue weighted by Crippen LogP contribution is -2.39. The van der Waals surface area contributed by atoms with Gasteiger partial charge in [-0.1, -0.05) is 12.1 Å². The Kier molecular flexibility index (Phi) is 6.09. The van der Waals surface area contributed by atoms with Crippen LogP contribution in [0.4, 0.5) is 0 Å². The number of fused-ring (bicyclic) bond motifs is 1. The van der Waals surface area contributed by atoms with Crippen LogP contribution in [0.15, 0.2) is 36.4 Å². The number of hydrogen-bond donors (Lipinski definition) is 2. The predicted octanol–water partition coefficient (Wildman–Crippen LogP) is 2.60. The number of aliphatic hydroxyl groups is 1. The van der Waals surface area contributed by atoms with Gasteiger partial charge in [0.1, 0.15) is 11.4 Å². The summed E-state index contributed by atoms with van der Waals surface area (Å²) in [5.74, 6) is 1.87. The minimum absolute atomic E-state index is 0.133.